The Labute approximate surface area is 89.6 Å². The third kappa shape index (κ3) is 1.73. The third-order valence-corrected chi connectivity index (χ3v) is 2.72. The summed E-state index contributed by atoms with van der Waals surface area (Å²) in [5, 5.41) is 0. The van der Waals surface area contributed by atoms with Gasteiger partial charge in [-0.2, -0.15) is 0 Å². The maximum atomic E-state index is 5.94. The van der Waals surface area contributed by atoms with Gasteiger partial charge >= 0.3 is 0 Å². The predicted octanol–water partition coefficient (Wildman–Crippen LogP) is 2.15. The maximum Gasteiger partial charge on any atom is 0.126 e. The number of hydrogen-bond donors (Lipinski definition) is 1. The molecule has 1 aromatic carbocycles. The van der Waals surface area contributed by atoms with E-state index in [0.717, 1.165) is 11.5 Å². The number of anilines is 1. The van der Waals surface area contributed by atoms with Crippen molar-refractivity contribution in [2.75, 3.05) is 5.73 Å². The quantitative estimate of drug-likeness (QED) is 0.809. The van der Waals surface area contributed by atoms with Gasteiger partial charge in [0.05, 0.1) is 12.0 Å². The minimum atomic E-state index is 0.243. The van der Waals surface area contributed by atoms with Crippen LogP contribution in [-0.2, 0) is 7.05 Å². The van der Waals surface area contributed by atoms with Gasteiger partial charge in [0.25, 0.3) is 0 Å². The molecule has 0 spiro atoms. The van der Waals surface area contributed by atoms with Crippen LogP contribution in [0.3, 0.4) is 0 Å². The highest BCUT2D eigenvalue weighted by atomic mass is 15.1. The summed E-state index contributed by atoms with van der Waals surface area (Å²) in [6.45, 7) is 2.12. The Morgan fingerprint density at radius 1 is 1.27 bits per heavy atom. The normalized spacial score (nSPS) is 12.7. The molecule has 0 saturated carbocycles. The van der Waals surface area contributed by atoms with Crippen LogP contribution in [0.15, 0.2) is 36.7 Å². The number of aromatic nitrogens is 2. The monoisotopic (exact) mass is 201 g/mol. The van der Waals surface area contributed by atoms with E-state index in [9.17, 15) is 0 Å². The van der Waals surface area contributed by atoms with Crippen LogP contribution >= 0.6 is 0 Å². The van der Waals surface area contributed by atoms with Gasteiger partial charge in [-0.05, 0) is 5.56 Å². The SMILES string of the molecule is CC(c1ccccc1)c1ncn(C)c1N. The van der Waals surface area contributed by atoms with Crippen LogP contribution in [0.4, 0.5) is 5.82 Å². The van der Waals surface area contributed by atoms with E-state index in [0.29, 0.717) is 0 Å². The van der Waals surface area contributed by atoms with Gasteiger partial charge in [0, 0.05) is 13.0 Å². The molecule has 1 heterocycles. The molecule has 3 nitrogen and oxygen atoms in total. The van der Waals surface area contributed by atoms with Crippen LogP contribution in [0, 0.1) is 0 Å². The first-order chi connectivity index (χ1) is 7.20. The van der Waals surface area contributed by atoms with Gasteiger partial charge in [-0.3, -0.25) is 0 Å². The lowest BCUT2D eigenvalue weighted by Gasteiger charge is -2.10. The zero-order valence-electron chi connectivity index (χ0n) is 9.01. The van der Waals surface area contributed by atoms with Crippen molar-refractivity contribution >= 4 is 5.82 Å². The average Bonchev–Trinajstić information content (AvgIpc) is 2.60. The fourth-order valence-electron chi connectivity index (χ4n) is 1.69. The summed E-state index contributed by atoms with van der Waals surface area (Å²) in [6.07, 6.45) is 1.75. The first kappa shape index (κ1) is 9.77. The Bertz CT molecular complexity index is 445. The maximum absolute atomic E-state index is 5.94. The lowest BCUT2D eigenvalue weighted by atomic mass is 9.98. The number of aryl methyl sites for hydroxylation is 1. The summed E-state index contributed by atoms with van der Waals surface area (Å²) in [6, 6.07) is 10.3. The Balaban J connectivity index is 2.37. The van der Waals surface area contributed by atoms with Crippen molar-refractivity contribution in [2.45, 2.75) is 12.8 Å². The molecule has 0 saturated heterocycles. The highest BCUT2D eigenvalue weighted by Crippen LogP contribution is 2.26. The average molecular weight is 201 g/mol. The van der Waals surface area contributed by atoms with E-state index in [-0.39, 0.29) is 5.92 Å². The molecule has 2 N–H and O–H groups in total. The molecule has 1 unspecified atom stereocenters. The number of benzene rings is 1. The van der Waals surface area contributed by atoms with Gasteiger partial charge in [-0.25, -0.2) is 4.98 Å². The molecule has 78 valence electrons. The molecule has 2 rings (SSSR count). The Morgan fingerprint density at radius 3 is 2.47 bits per heavy atom. The molecule has 1 atom stereocenters. The Kier molecular flexibility index (Phi) is 2.46. The van der Waals surface area contributed by atoms with Gasteiger partial charge < -0.3 is 10.3 Å². The van der Waals surface area contributed by atoms with E-state index in [2.05, 4.69) is 24.0 Å². The second-order valence-corrected chi connectivity index (χ2v) is 3.76. The van der Waals surface area contributed by atoms with Crippen LogP contribution in [0.5, 0.6) is 0 Å². The van der Waals surface area contributed by atoms with Crippen molar-refractivity contribution in [1.29, 1.82) is 0 Å². The van der Waals surface area contributed by atoms with Crippen LogP contribution in [-0.4, -0.2) is 9.55 Å². The lowest BCUT2D eigenvalue weighted by molar-refractivity contribution is 0.884. The molecule has 0 amide bonds. The Morgan fingerprint density at radius 2 is 1.93 bits per heavy atom. The predicted molar refractivity (Wildman–Crippen MR) is 61.6 cm³/mol. The fourth-order valence-corrected chi connectivity index (χ4v) is 1.69. The van der Waals surface area contributed by atoms with Gasteiger partial charge in [0.15, 0.2) is 0 Å². The Hall–Kier alpha value is -1.77. The fraction of sp³-hybridized carbons (Fsp3) is 0.250. The molecule has 0 aliphatic heterocycles. The number of nitrogens with two attached hydrogens (primary N) is 1. The van der Waals surface area contributed by atoms with Crippen molar-refractivity contribution in [2.24, 2.45) is 7.05 Å². The second kappa shape index (κ2) is 3.77. The topological polar surface area (TPSA) is 43.8 Å². The summed E-state index contributed by atoms with van der Waals surface area (Å²) in [5.41, 5.74) is 8.13. The summed E-state index contributed by atoms with van der Waals surface area (Å²) >= 11 is 0. The second-order valence-electron chi connectivity index (χ2n) is 3.76. The van der Waals surface area contributed by atoms with Crippen molar-refractivity contribution in [3.63, 3.8) is 0 Å². The summed E-state index contributed by atoms with van der Waals surface area (Å²) in [7, 11) is 1.91. The molecule has 0 fully saturated rings. The minimum Gasteiger partial charge on any atom is -0.384 e. The van der Waals surface area contributed by atoms with Crippen molar-refractivity contribution in [3.8, 4) is 0 Å². The number of hydrogen-bond acceptors (Lipinski definition) is 2. The van der Waals surface area contributed by atoms with Crippen LogP contribution in [0.1, 0.15) is 24.1 Å². The van der Waals surface area contributed by atoms with Gasteiger partial charge in [-0.15, -0.1) is 0 Å². The summed E-state index contributed by atoms with van der Waals surface area (Å²) < 4.78 is 1.84. The van der Waals surface area contributed by atoms with Gasteiger partial charge in [0.2, 0.25) is 0 Å². The molecule has 2 aromatic rings. The standard InChI is InChI=1S/C12H15N3/c1-9(10-6-4-3-5-7-10)11-12(13)15(2)8-14-11/h3-9H,13H2,1-2H3. The molecule has 15 heavy (non-hydrogen) atoms. The van der Waals surface area contributed by atoms with Crippen LogP contribution in [0.25, 0.3) is 0 Å². The number of nitrogen functional groups attached to an aromatic ring is 1. The molecule has 1 aromatic heterocycles. The minimum absolute atomic E-state index is 0.243. The van der Waals surface area contributed by atoms with Crippen LogP contribution in [0.2, 0.25) is 0 Å². The molecular weight excluding hydrogens is 186 g/mol. The zero-order valence-corrected chi connectivity index (χ0v) is 9.01. The smallest absolute Gasteiger partial charge is 0.126 e. The first-order valence-corrected chi connectivity index (χ1v) is 5.01. The number of nitrogens with zero attached hydrogens (tertiary/aromatic N) is 2. The van der Waals surface area contributed by atoms with Gasteiger partial charge in [0.1, 0.15) is 5.82 Å². The van der Waals surface area contributed by atoms with Crippen molar-refractivity contribution < 1.29 is 0 Å². The van der Waals surface area contributed by atoms with Crippen molar-refractivity contribution in [1.82, 2.24) is 9.55 Å². The van der Waals surface area contributed by atoms with Crippen molar-refractivity contribution in [3.05, 3.63) is 47.9 Å². The summed E-state index contributed by atoms with van der Waals surface area (Å²) in [5.74, 6) is 0.985. The summed E-state index contributed by atoms with van der Waals surface area (Å²) in [4.78, 5) is 4.33. The van der Waals surface area contributed by atoms with E-state index in [4.69, 9.17) is 5.73 Å². The van der Waals surface area contributed by atoms with E-state index >= 15 is 0 Å². The molecule has 3 heteroatoms. The molecular formula is C12H15N3. The molecule has 0 aliphatic rings. The first-order valence-electron chi connectivity index (χ1n) is 5.01. The van der Waals surface area contributed by atoms with E-state index in [1.165, 1.54) is 5.56 Å². The largest absolute Gasteiger partial charge is 0.384 e. The molecule has 0 aliphatic carbocycles. The zero-order chi connectivity index (χ0) is 10.8. The highest BCUT2D eigenvalue weighted by molar-refractivity contribution is 5.42. The van der Waals surface area contributed by atoms with E-state index in [1.54, 1.807) is 6.33 Å². The highest BCUT2D eigenvalue weighted by Gasteiger charge is 2.14. The number of rotatable bonds is 2. The molecule has 0 bridgehead atoms. The lowest BCUT2D eigenvalue weighted by Crippen LogP contribution is -2.02. The number of imidazole rings is 1. The third-order valence-electron chi connectivity index (χ3n) is 2.72. The van der Waals surface area contributed by atoms with Gasteiger partial charge in [-0.1, -0.05) is 37.3 Å². The van der Waals surface area contributed by atoms with E-state index < -0.39 is 0 Å². The van der Waals surface area contributed by atoms with Crippen LogP contribution < -0.4 is 5.73 Å². The molecule has 0 radical (unpaired) electrons. The van der Waals surface area contributed by atoms with E-state index in [1.807, 2.05) is 29.8 Å².